The second-order valence-electron chi connectivity index (χ2n) is 5.22. The zero-order valence-corrected chi connectivity index (χ0v) is 14.4. The Bertz CT molecular complexity index is 905. The SMILES string of the molecule is O=S(=O)(Cc1ccccc1F)NCCn1ccc(-c2ccsc2)n1. The summed E-state index contributed by atoms with van der Waals surface area (Å²) < 4.78 is 41.7. The van der Waals surface area contributed by atoms with E-state index in [9.17, 15) is 12.8 Å². The third-order valence-electron chi connectivity index (χ3n) is 3.42. The Kier molecular flexibility index (Phi) is 5.08. The highest BCUT2D eigenvalue weighted by Crippen LogP contribution is 2.19. The van der Waals surface area contributed by atoms with Crippen molar-refractivity contribution < 1.29 is 12.8 Å². The fourth-order valence-electron chi connectivity index (χ4n) is 2.24. The molecule has 3 aromatic rings. The van der Waals surface area contributed by atoms with Gasteiger partial charge in [0, 0.05) is 29.2 Å². The number of aromatic nitrogens is 2. The van der Waals surface area contributed by atoms with E-state index in [-0.39, 0.29) is 17.9 Å². The van der Waals surface area contributed by atoms with Crippen LogP contribution in [0.4, 0.5) is 4.39 Å². The van der Waals surface area contributed by atoms with E-state index in [1.54, 1.807) is 28.3 Å². The molecule has 1 N–H and O–H groups in total. The van der Waals surface area contributed by atoms with E-state index in [2.05, 4.69) is 9.82 Å². The second kappa shape index (κ2) is 7.25. The van der Waals surface area contributed by atoms with Crippen molar-refractivity contribution in [2.24, 2.45) is 0 Å². The summed E-state index contributed by atoms with van der Waals surface area (Å²) in [5.41, 5.74) is 2.05. The topological polar surface area (TPSA) is 64.0 Å². The predicted molar refractivity (Wildman–Crippen MR) is 92.6 cm³/mol. The normalized spacial score (nSPS) is 11.7. The van der Waals surface area contributed by atoms with Gasteiger partial charge in [0.15, 0.2) is 0 Å². The highest BCUT2D eigenvalue weighted by Gasteiger charge is 2.14. The first-order valence-corrected chi connectivity index (χ1v) is 9.90. The van der Waals surface area contributed by atoms with Gasteiger partial charge in [0.05, 0.1) is 18.0 Å². The van der Waals surface area contributed by atoms with Crippen LogP contribution in [0.25, 0.3) is 11.3 Å². The average molecular weight is 365 g/mol. The molecule has 2 heterocycles. The number of nitrogens with zero attached hydrogens (tertiary/aromatic N) is 2. The van der Waals surface area contributed by atoms with Crippen molar-refractivity contribution in [3.8, 4) is 11.3 Å². The first-order valence-electron chi connectivity index (χ1n) is 7.30. The lowest BCUT2D eigenvalue weighted by molar-refractivity contribution is 0.557. The number of sulfonamides is 1. The van der Waals surface area contributed by atoms with Crippen LogP contribution >= 0.6 is 11.3 Å². The lowest BCUT2D eigenvalue weighted by Crippen LogP contribution is -2.29. The molecule has 0 unspecified atom stereocenters. The molecule has 0 radical (unpaired) electrons. The number of hydrogen-bond acceptors (Lipinski definition) is 4. The number of halogens is 1. The van der Waals surface area contributed by atoms with E-state index in [4.69, 9.17) is 0 Å². The van der Waals surface area contributed by atoms with Crippen LogP contribution < -0.4 is 4.72 Å². The van der Waals surface area contributed by atoms with E-state index < -0.39 is 15.8 Å². The Labute approximate surface area is 143 Å². The van der Waals surface area contributed by atoms with E-state index in [1.807, 2.05) is 22.9 Å². The summed E-state index contributed by atoms with van der Waals surface area (Å²) in [5, 5.41) is 8.38. The molecule has 0 spiro atoms. The first kappa shape index (κ1) is 16.8. The van der Waals surface area contributed by atoms with Crippen LogP contribution in [0.1, 0.15) is 5.56 Å². The average Bonchev–Trinajstić information content (AvgIpc) is 3.20. The molecule has 0 fully saturated rings. The molecule has 8 heteroatoms. The van der Waals surface area contributed by atoms with E-state index in [1.165, 1.54) is 18.2 Å². The Morgan fingerprint density at radius 3 is 2.79 bits per heavy atom. The maximum Gasteiger partial charge on any atom is 0.215 e. The molecule has 0 aliphatic carbocycles. The minimum Gasteiger partial charge on any atom is -0.271 e. The maximum atomic E-state index is 13.5. The van der Waals surface area contributed by atoms with Gasteiger partial charge in [-0.05, 0) is 23.6 Å². The van der Waals surface area contributed by atoms with Gasteiger partial charge in [-0.25, -0.2) is 17.5 Å². The molecule has 0 aliphatic rings. The molecule has 5 nitrogen and oxygen atoms in total. The molecular formula is C16H16FN3O2S2. The first-order chi connectivity index (χ1) is 11.5. The van der Waals surface area contributed by atoms with Crippen LogP contribution in [-0.2, 0) is 22.3 Å². The number of hydrogen-bond donors (Lipinski definition) is 1. The van der Waals surface area contributed by atoms with Gasteiger partial charge in [-0.2, -0.15) is 16.4 Å². The summed E-state index contributed by atoms with van der Waals surface area (Å²) in [4.78, 5) is 0. The fourth-order valence-corrected chi connectivity index (χ4v) is 4.03. The van der Waals surface area contributed by atoms with Crippen molar-refractivity contribution in [1.29, 1.82) is 0 Å². The lowest BCUT2D eigenvalue weighted by atomic mass is 10.2. The number of benzene rings is 1. The molecule has 0 saturated heterocycles. The molecule has 0 atom stereocenters. The minimum atomic E-state index is -3.59. The van der Waals surface area contributed by atoms with Gasteiger partial charge in [0.1, 0.15) is 5.82 Å². The molecule has 0 saturated carbocycles. The Hall–Kier alpha value is -2.03. The van der Waals surface area contributed by atoms with Gasteiger partial charge in [-0.15, -0.1) is 0 Å². The van der Waals surface area contributed by atoms with Crippen molar-refractivity contribution in [1.82, 2.24) is 14.5 Å². The molecule has 0 aliphatic heterocycles. The largest absolute Gasteiger partial charge is 0.271 e. The third kappa shape index (κ3) is 4.28. The fraction of sp³-hybridized carbons (Fsp3) is 0.188. The quantitative estimate of drug-likeness (QED) is 0.700. The van der Waals surface area contributed by atoms with E-state index in [0.717, 1.165) is 11.3 Å². The summed E-state index contributed by atoms with van der Waals surface area (Å²) in [5.74, 6) is -0.894. The summed E-state index contributed by atoms with van der Waals surface area (Å²) in [7, 11) is -3.59. The number of thiophene rings is 1. The van der Waals surface area contributed by atoms with Crippen LogP contribution in [0.2, 0.25) is 0 Å². The molecule has 0 bridgehead atoms. The van der Waals surface area contributed by atoms with Gasteiger partial charge < -0.3 is 0 Å². The zero-order chi connectivity index (χ0) is 17.0. The molecule has 126 valence electrons. The molecule has 1 aromatic carbocycles. The van der Waals surface area contributed by atoms with Crippen molar-refractivity contribution >= 4 is 21.4 Å². The van der Waals surface area contributed by atoms with Crippen LogP contribution in [0.15, 0.2) is 53.4 Å². The van der Waals surface area contributed by atoms with Crippen LogP contribution in [-0.4, -0.2) is 24.7 Å². The van der Waals surface area contributed by atoms with Crippen LogP contribution in [0.3, 0.4) is 0 Å². The predicted octanol–water partition coefficient (Wildman–Crippen LogP) is 2.87. The summed E-state index contributed by atoms with van der Waals surface area (Å²) >= 11 is 1.60. The van der Waals surface area contributed by atoms with Gasteiger partial charge in [0.25, 0.3) is 0 Å². The Morgan fingerprint density at radius 2 is 2.04 bits per heavy atom. The van der Waals surface area contributed by atoms with Gasteiger partial charge in [0.2, 0.25) is 10.0 Å². The van der Waals surface area contributed by atoms with E-state index in [0.29, 0.717) is 6.54 Å². The Balaban J connectivity index is 1.55. The monoisotopic (exact) mass is 365 g/mol. The van der Waals surface area contributed by atoms with Crippen molar-refractivity contribution in [2.45, 2.75) is 12.3 Å². The molecule has 2 aromatic heterocycles. The van der Waals surface area contributed by atoms with Crippen LogP contribution in [0, 0.1) is 5.82 Å². The maximum absolute atomic E-state index is 13.5. The summed E-state index contributed by atoms with van der Waals surface area (Å²) in [6, 6.07) is 9.73. The second-order valence-corrected chi connectivity index (χ2v) is 7.81. The third-order valence-corrected chi connectivity index (χ3v) is 5.44. The highest BCUT2D eigenvalue weighted by molar-refractivity contribution is 7.88. The molecular weight excluding hydrogens is 349 g/mol. The minimum absolute atomic E-state index is 0.156. The molecule has 3 rings (SSSR count). The van der Waals surface area contributed by atoms with Gasteiger partial charge >= 0.3 is 0 Å². The summed E-state index contributed by atoms with van der Waals surface area (Å²) in [6.07, 6.45) is 1.80. The summed E-state index contributed by atoms with van der Waals surface area (Å²) in [6.45, 7) is 0.599. The van der Waals surface area contributed by atoms with Crippen LogP contribution in [0.5, 0.6) is 0 Å². The number of rotatable bonds is 7. The standard InChI is InChI=1S/C16H16FN3O2S2/c17-15-4-2-1-3-14(15)12-24(21,22)18-7-9-20-8-5-16(19-20)13-6-10-23-11-13/h1-6,8,10-11,18H,7,9,12H2. The zero-order valence-electron chi connectivity index (χ0n) is 12.7. The van der Waals surface area contributed by atoms with Gasteiger partial charge in [-0.1, -0.05) is 18.2 Å². The van der Waals surface area contributed by atoms with Crippen molar-refractivity contribution in [3.05, 3.63) is 64.7 Å². The lowest BCUT2D eigenvalue weighted by Gasteiger charge is -2.07. The molecule has 24 heavy (non-hydrogen) atoms. The van der Waals surface area contributed by atoms with Crippen molar-refractivity contribution in [3.63, 3.8) is 0 Å². The Morgan fingerprint density at radius 1 is 1.21 bits per heavy atom. The van der Waals surface area contributed by atoms with Gasteiger partial charge in [-0.3, -0.25) is 4.68 Å². The smallest absolute Gasteiger partial charge is 0.215 e. The number of nitrogens with one attached hydrogen (secondary N) is 1. The highest BCUT2D eigenvalue weighted by atomic mass is 32.2. The molecule has 0 amide bonds. The van der Waals surface area contributed by atoms with E-state index >= 15 is 0 Å². The van der Waals surface area contributed by atoms with Crippen molar-refractivity contribution in [2.75, 3.05) is 6.54 Å².